The fraction of sp³-hybridized carbons (Fsp3) is 0.571. The van der Waals surface area contributed by atoms with Crippen LogP contribution < -0.4 is 0 Å². The Morgan fingerprint density at radius 1 is 1.44 bits per heavy atom. The van der Waals surface area contributed by atoms with E-state index in [2.05, 4.69) is 24.9 Å². The molecule has 2 rings (SSSR count). The molecule has 0 aliphatic carbocycles. The Balaban J connectivity index is 2.32. The van der Waals surface area contributed by atoms with Crippen LogP contribution in [-0.4, -0.2) is 30.1 Å². The Labute approximate surface area is 97.9 Å². The van der Waals surface area contributed by atoms with Gasteiger partial charge in [-0.05, 0) is 44.1 Å². The normalized spacial score (nSPS) is 26.1. The Kier molecular flexibility index (Phi) is 3.20. The zero-order valence-corrected chi connectivity index (χ0v) is 10.2. The van der Waals surface area contributed by atoms with E-state index in [1.54, 1.807) is 6.07 Å². The molecule has 0 bridgehead atoms. The van der Waals surface area contributed by atoms with Crippen LogP contribution in [0.15, 0.2) is 24.3 Å². The van der Waals surface area contributed by atoms with Crippen LogP contribution in [0.5, 0.6) is 5.75 Å². The second kappa shape index (κ2) is 4.46. The largest absolute Gasteiger partial charge is 0.508 e. The number of hydrogen-bond acceptors (Lipinski definition) is 2. The lowest BCUT2D eigenvalue weighted by atomic mass is 9.76. The van der Waals surface area contributed by atoms with Gasteiger partial charge in [-0.25, -0.2) is 0 Å². The van der Waals surface area contributed by atoms with Gasteiger partial charge >= 0.3 is 0 Å². The van der Waals surface area contributed by atoms with Crippen LogP contribution in [-0.2, 0) is 5.41 Å². The van der Waals surface area contributed by atoms with Crippen molar-refractivity contribution in [3.63, 3.8) is 0 Å². The molecule has 0 unspecified atom stereocenters. The van der Waals surface area contributed by atoms with E-state index in [9.17, 15) is 5.11 Å². The number of nitrogens with zero attached hydrogens (tertiary/aromatic N) is 1. The number of rotatable bonds is 3. The first-order valence-corrected chi connectivity index (χ1v) is 6.14. The highest BCUT2D eigenvalue weighted by Crippen LogP contribution is 2.39. The lowest BCUT2D eigenvalue weighted by Crippen LogP contribution is -2.29. The van der Waals surface area contributed by atoms with Crippen molar-refractivity contribution >= 4 is 0 Å². The topological polar surface area (TPSA) is 23.5 Å². The third kappa shape index (κ3) is 2.07. The Bertz CT molecular complexity index is 360. The second-order valence-corrected chi connectivity index (χ2v) is 5.07. The third-order valence-corrected chi connectivity index (χ3v) is 3.73. The highest BCUT2D eigenvalue weighted by Gasteiger charge is 2.37. The van der Waals surface area contributed by atoms with Gasteiger partial charge in [-0.1, -0.05) is 25.5 Å². The molecule has 88 valence electrons. The van der Waals surface area contributed by atoms with Gasteiger partial charge in [0.2, 0.25) is 0 Å². The minimum Gasteiger partial charge on any atom is -0.508 e. The summed E-state index contributed by atoms with van der Waals surface area (Å²) in [5.41, 5.74) is 1.57. The molecule has 0 spiro atoms. The van der Waals surface area contributed by atoms with Crippen molar-refractivity contribution in [1.29, 1.82) is 0 Å². The molecular formula is C14H21NO. The average Bonchev–Trinajstić information content (AvgIpc) is 2.62. The van der Waals surface area contributed by atoms with Gasteiger partial charge in [0.1, 0.15) is 5.75 Å². The summed E-state index contributed by atoms with van der Waals surface area (Å²) in [6, 6.07) is 7.81. The van der Waals surface area contributed by atoms with Crippen LogP contribution in [0.1, 0.15) is 31.7 Å². The van der Waals surface area contributed by atoms with Crippen molar-refractivity contribution < 1.29 is 5.11 Å². The summed E-state index contributed by atoms with van der Waals surface area (Å²) in [5, 5.41) is 9.61. The van der Waals surface area contributed by atoms with E-state index >= 15 is 0 Å². The molecule has 1 saturated heterocycles. The molecule has 1 N–H and O–H groups in total. The molecule has 1 aliphatic rings. The Hall–Kier alpha value is -1.02. The number of phenolic OH excluding ortho intramolecular Hbond substituents is 1. The molecule has 2 heteroatoms. The van der Waals surface area contributed by atoms with Crippen LogP contribution >= 0.6 is 0 Å². The molecule has 1 aromatic rings. The molecule has 16 heavy (non-hydrogen) atoms. The number of phenols is 1. The molecule has 0 amide bonds. The first-order valence-electron chi connectivity index (χ1n) is 6.14. The van der Waals surface area contributed by atoms with Gasteiger partial charge in [-0.15, -0.1) is 0 Å². The maximum Gasteiger partial charge on any atom is 0.115 e. The summed E-state index contributed by atoms with van der Waals surface area (Å²) in [7, 11) is 2.18. The molecule has 1 aromatic carbocycles. The van der Waals surface area contributed by atoms with Gasteiger partial charge in [0.05, 0.1) is 0 Å². The molecule has 0 radical (unpaired) electrons. The predicted molar refractivity (Wildman–Crippen MR) is 66.8 cm³/mol. The van der Waals surface area contributed by atoms with Crippen LogP contribution in [0.4, 0.5) is 0 Å². The quantitative estimate of drug-likeness (QED) is 0.845. The fourth-order valence-electron chi connectivity index (χ4n) is 2.98. The summed E-state index contributed by atoms with van der Waals surface area (Å²) in [5.74, 6) is 0.391. The van der Waals surface area contributed by atoms with Crippen LogP contribution in [0.25, 0.3) is 0 Å². The summed E-state index contributed by atoms with van der Waals surface area (Å²) in [6.07, 6.45) is 3.62. The standard InChI is InChI=1S/C14H21NO/c1-3-7-14(8-9-15(2)11-14)12-5-4-6-13(16)10-12/h4-6,10,16H,3,7-9,11H2,1-2H3/t14-/m0/s1. The molecule has 1 heterocycles. The fourth-order valence-corrected chi connectivity index (χ4v) is 2.98. The number of benzene rings is 1. The zero-order chi connectivity index (χ0) is 11.6. The maximum absolute atomic E-state index is 9.61. The summed E-state index contributed by atoms with van der Waals surface area (Å²) < 4.78 is 0. The minimum absolute atomic E-state index is 0.266. The molecule has 1 aliphatic heterocycles. The lowest BCUT2D eigenvalue weighted by molar-refractivity contribution is 0.349. The van der Waals surface area contributed by atoms with Gasteiger partial charge in [-0.3, -0.25) is 0 Å². The minimum atomic E-state index is 0.266. The van der Waals surface area contributed by atoms with Crippen molar-refractivity contribution in [3.8, 4) is 5.75 Å². The van der Waals surface area contributed by atoms with E-state index in [0.29, 0.717) is 5.75 Å². The highest BCUT2D eigenvalue weighted by atomic mass is 16.3. The van der Waals surface area contributed by atoms with Crippen LogP contribution in [0.3, 0.4) is 0 Å². The SMILES string of the molecule is CCC[C@]1(c2cccc(O)c2)CCN(C)C1. The highest BCUT2D eigenvalue weighted by molar-refractivity contribution is 5.34. The summed E-state index contributed by atoms with van der Waals surface area (Å²) in [4.78, 5) is 2.39. The van der Waals surface area contributed by atoms with Crippen molar-refractivity contribution in [3.05, 3.63) is 29.8 Å². The first-order chi connectivity index (χ1) is 7.66. The number of aromatic hydroxyl groups is 1. The molecule has 1 atom stereocenters. The van der Waals surface area contributed by atoms with Gasteiger partial charge in [-0.2, -0.15) is 0 Å². The van der Waals surface area contributed by atoms with E-state index in [1.807, 2.05) is 12.1 Å². The van der Waals surface area contributed by atoms with Crippen molar-refractivity contribution in [2.24, 2.45) is 0 Å². The number of likely N-dealkylation sites (N-methyl/N-ethyl adjacent to an activating group) is 1. The summed E-state index contributed by atoms with van der Waals surface area (Å²) in [6.45, 7) is 4.52. The van der Waals surface area contributed by atoms with E-state index < -0.39 is 0 Å². The Morgan fingerprint density at radius 3 is 2.81 bits per heavy atom. The smallest absolute Gasteiger partial charge is 0.115 e. The molecule has 1 fully saturated rings. The summed E-state index contributed by atoms with van der Waals surface area (Å²) >= 11 is 0. The van der Waals surface area contributed by atoms with Gasteiger partial charge in [0.25, 0.3) is 0 Å². The zero-order valence-electron chi connectivity index (χ0n) is 10.2. The van der Waals surface area contributed by atoms with Crippen molar-refractivity contribution in [1.82, 2.24) is 4.90 Å². The molecule has 0 aromatic heterocycles. The van der Waals surface area contributed by atoms with E-state index in [1.165, 1.54) is 24.8 Å². The van der Waals surface area contributed by atoms with Gasteiger partial charge in [0.15, 0.2) is 0 Å². The second-order valence-electron chi connectivity index (χ2n) is 5.07. The lowest BCUT2D eigenvalue weighted by Gasteiger charge is -2.29. The molecule has 0 saturated carbocycles. The van der Waals surface area contributed by atoms with Gasteiger partial charge < -0.3 is 10.0 Å². The molecular weight excluding hydrogens is 198 g/mol. The Morgan fingerprint density at radius 2 is 2.25 bits per heavy atom. The van der Waals surface area contributed by atoms with E-state index in [-0.39, 0.29) is 5.41 Å². The predicted octanol–water partition coefficient (Wildman–Crippen LogP) is 2.77. The van der Waals surface area contributed by atoms with Crippen LogP contribution in [0.2, 0.25) is 0 Å². The third-order valence-electron chi connectivity index (χ3n) is 3.73. The van der Waals surface area contributed by atoms with E-state index in [0.717, 1.165) is 13.1 Å². The first kappa shape index (κ1) is 11.5. The number of likely N-dealkylation sites (tertiary alicyclic amines) is 1. The monoisotopic (exact) mass is 219 g/mol. The molecule has 2 nitrogen and oxygen atoms in total. The maximum atomic E-state index is 9.61. The van der Waals surface area contributed by atoms with Crippen molar-refractivity contribution in [2.45, 2.75) is 31.6 Å². The van der Waals surface area contributed by atoms with Gasteiger partial charge in [0, 0.05) is 12.0 Å². The van der Waals surface area contributed by atoms with Crippen molar-refractivity contribution in [2.75, 3.05) is 20.1 Å². The van der Waals surface area contributed by atoms with Crippen LogP contribution in [0, 0.1) is 0 Å². The van der Waals surface area contributed by atoms with E-state index in [4.69, 9.17) is 0 Å². The number of hydrogen-bond donors (Lipinski definition) is 1. The average molecular weight is 219 g/mol.